The third-order valence-electron chi connectivity index (χ3n) is 10.3. The average molecular weight is 832 g/mol. The first kappa shape index (κ1) is 55.2. The van der Waals surface area contributed by atoms with Gasteiger partial charge in [0.25, 0.3) is 0 Å². The molecular weight excluding hydrogens is 745 g/mol. The quantitative estimate of drug-likeness (QED) is 0.0201. The van der Waals surface area contributed by atoms with Crippen molar-refractivity contribution in [1.82, 2.24) is 5.32 Å². The molecule has 4 N–H and O–H groups in total. The number of aliphatic hydroxyl groups excluding tert-OH is 1. The maximum absolute atomic E-state index is 12.3. The second-order valence-corrected chi connectivity index (χ2v) is 17.4. The topological polar surface area (TPSA) is 169 Å². The molecule has 0 aliphatic heterocycles. The first-order chi connectivity index (χ1) is 27.6. The van der Waals surface area contributed by atoms with Gasteiger partial charge in [0.05, 0.1) is 13.2 Å². The molecule has 0 rings (SSSR count). The lowest BCUT2D eigenvalue weighted by Crippen LogP contribution is -2.43. The van der Waals surface area contributed by atoms with Crippen LogP contribution >= 0.6 is 7.82 Å². The highest BCUT2D eigenvalue weighted by Gasteiger charge is 2.28. The van der Waals surface area contributed by atoms with E-state index in [1.165, 1.54) is 128 Å². The van der Waals surface area contributed by atoms with Gasteiger partial charge in [-0.2, -0.15) is 0 Å². The van der Waals surface area contributed by atoms with Gasteiger partial charge in [0.2, 0.25) is 5.91 Å². The number of hydrogen-bond acceptors (Lipinski definition) is 8. The number of nitrogens with one attached hydrogen (secondary N) is 1. The van der Waals surface area contributed by atoms with Crippen molar-refractivity contribution in [2.24, 2.45) is 0 Å². The van der Waals surface area contributed by atoms with Gasteiger partial charge in [0.1, 0.15) is 12.7 Å². The molecule has 3 atom stereocenters. The number of amides is 1. The van der Waals surface area contributed by atoms with Crippen LogP contribution in [0.5, 0.6) is 0 Å². The molecule has 0 saturated carbocycles. The smallest absolute Gasteiger partial charge is 0.472 e. The number of carboxylic acids is 1. The minimum absolute atomic E-state index is 0.151. The SMILES string of the molecule is CCCCCCCC/C=C\CCCCCCCC(=O)OCC(O)COP(=O)(O)OCC(NC(=O)CCCCCCCCCCCCCCCCCCCC)C(=O)O. The molecule has 0 fully saturated rings. The van der Waals surface area contributed by atoms with Crippen molar-refractivity contribution in [2.45, 2.75) is 238 Å². The zero-order chi connectivity index (χ0) is 42.1. The fourth-order valence-electron chi connectivity index (χ4n) is 6.66. The first-order valence-corrected chi connectivity index (χ1v) is 24.7. The van der Waals surface area contributed by atoms with Crippen LogP contribution in [-0.2, 0) is 32.7 Å². The molecule has 57 heavy (non-hydrogen) atoms. The molecule has 0 bridgehead atoms. The largest absolute Gasteiger partial charge is 0.480 e. The zero-order valence-corrected chi connectivity index (χ0v) is 37.3. The van der Waals surface area contributed by atoms with Gasteiger partial charge in [0.15, 0.2) is 6.04 Å². The van der Waals surface area contributed by atoms with Gasteiger partial charge < -0.3 is 25.2 Å². The Balaban J connectivity index is 3.86. The van der Waals surface area contributed by atoms with E-state index in [0.29, 0.717) is 12.8 Å². The number of aliphatic carboxylic acids is 1. The molecule has 0 aliphatic rings. The maximum atomic E-state index is 12.3. The summed E-state index contributed by atoms with van der Waals surface area (Å²) in [6, 6.07) is -1.54. The molecule has 1 amide bonds. The van der Waals surface area contributed by atoms with E-state index in [1.54, 1.807) is 0 Å². The van der Waals surface area contributed by atoms with Crippen LogP contribution in [0.25, 0.3) is 0 Å². The Bertz CT molecular complexity index is 1030. The summed E-state index contributed by atoms with van der Waals surface area (Å²) in [6.07, 6.45) is 40.9. The van der Waals surface area contributed by atoms with Gasteiger partial charge in [-0.25, -0.2) is 9.36 Å². The molecule has 0 aromatic heterocycles. The number of phosphoric acid groups is 1. The number of aliphatic hydroxyl groups is 1. The Morgan fingerprint density at radius 1 is 0.544 bits per heavy atom. The Kier molecular flexibility index (Phi) is 39.7. The highest BCUT2D eigenvalue weighted by atomic mass is 31.2. The minimum Gasteiger partial charge on any atom is -0.480 e. The third-order valence-corrected chi connectivity index (χ3v) is 11.3. The predicted molar refractivity (Wildman–Crippen MR) is 231 cm³/mol. The van der Waals surface area contributed by atoms with Gasteiger partial charge in [-0.1, -0.05) is 187 Å². The molecule has 0 radical (unpaired) electrons. The Hall–Kier alpha value is -1.78. The highest BCUT2D eigenvalue weighted by molar-refractivity contribution is 7.47. The monoisotopic (exact) mass is 832 g/mol. The number of carbonyl (C=O) groups is 3. The van der Waals surface area contributed by atoms with Crippen molar-refractivity contribution in [3.05, 3.63) is 12.2 Å². The van der Waals surface area contributed by atoms with Crippen molar-refractivity contribution in [1.29, 1.82) is 0 Å². The van der Waals surface area contributed by atoms with Crippen molar-refractivity contribution < 1.29 is 47.8 Å². The lowest BCUT2D eigenvalue weighted by atomic mass is 10.0. The van der Waals surface area contributed by atoms with Gasteiger partial charge in [-0.3, -0.25) is 18.6 Å². The summed E-state index contributed by atoms with van der Waals surface area (Å²) in [5.74, 6) is -2.37. The number of rotatable bonds is 44. The average Bonchev–Trinajstić information content (AvgIpc) is 3.18. The lowest BCUT2D eigenvalue weighted by Gasteiger charge is -2.18. The normalized spacial score (nSPS) is 13.8. The lowest BCUT2D eigenvalue weighted by molar-refractivity contribution is -0.147. The zero-order valence-electron chi connectivity index (χ0n) is 36.4. The van der Waals surface area contributed by atoms with Crippen molar-refractivity contribution in [3.8, 4) is 0 Å². The Labute approximate surface area is 347 Å². The van der Waals surface area contributed by atoms with E-state index in [9.17, 15) is 34.1 Å². The summed E-state index contributed by atoms with van der Waals surface area (Å²) in [6.45, 7) is 2.61. The van der Waals surface area contributed by atoms with Crippen molar-refractivity contribution in [2.75, 3.05) is 19.8 Å². The molecular formula is C45H86NO10P. The van der Waals surface area contributed by atoms with E-state index in [-0.39, 0.29) is 12.8 Å². The second kappa shape index (κ2) is 41.0. The van der Waals surface area contributed by atoms with E-state index in [0.717, 1.165) is 57.8 Å². The number of hydrogen-bond donors (Lipinski definition) is 4. The molecule has 11 nitrogen and oxygen atoms in total. The van der Waals surface area contributed by atoms with Crippen LogP contribution in [-0.4, -0.2) is 64.9 Å². The number of ether oxygens (including phenoxy) is 1. The van der Waals surface area contributed by atoms with Gasteiger partial charge in [-0.15, -0.1) is 0 Å². The van der Waals surface area contributed by atoms with E-state index in [1.807, 2.05) is 0 Å². The van der Waals surface area contributed by atoms with Gasteiger partial charge >= 0.3 is 19.8 Å². The molecule has 0 aromatic rings. The van der Waals surface area contributed by atoms with Crippen LogP contribution in [0.4, 0.5) is 0 Å². The molecule has 0 spiro atoms. The van der Waals surface area contributed by atoms with Crippen LogP contribution in [0, 0.1) is 0 Å². The van der Waals surface area contributed by atoms with Crippen LogP contribution in [0.2, 0.25) is 0 Å². The van der Waals surface area contributed by atoms with Crippen LogP contribution in [0.3, 0.4) is 0 Å². The Morgan fingerprint density at radius 3 is 1.33 bits per heavy atom. The van der Waals surface area contributed by atoms with Crippen LogP contribution in [0.15, 0.2) is 12.2 Å². The second-order valence-electron chi connectivity index (χ2n) is 15.9. The molecule has 3 unspecified atom stereocenters. The van der Waals surface area contributed by atoms with Crippen LogP contribution in [0.1, 0.15) is 226 Å². The molecule has 0 saturated heterocycles. The molecule has 0 heterocycles. The summed E-state index contributed by atoms with van der Waals surface area (Å²) >= 11 is 0. The predicted octanol–water partition coefficient (Wildman–Crippen LogP) is 12.1. The standard InChI is InChI=1S/C45H86NO10P/c1-3-5-7-9-11-13-15-17-19-20-21-23-24-26-28-30-32-34-36-43(48)46-42(45(50)51)40-56-57(52,53)55-39-41(47)38-54-44(49)37-35-33-31-29-27-25-22-18-16-14-12-10-8-6-4-2/h18,22,41-42,47H,3-17,19-21,23-40H2,1-2H3,(H,46,48)(H,50,51)(H,52,53)/b22-18-. The van der Waals surface area contributed by atoms with Crippen molar-refractivity contribution >= 4 is 25.7 Å². The maximum Gasteiger partial charge on any atom is 0.472 e. The van der Waals surface area contributed by atoms with Gasteiger partial charge in [0, 0.05) is 12.8 Å². The first-order valence-electron chi connectivity index (χ1n) is 23.2. The number of phosphoric ester groups is 1. The molecule has 0 aliphatic carbocycles. The summed E-state index contributed by atoms with van der Waals surface area (Å²) in [5.41, 5.74) is 0. The molecule has 0 aromatic carbocycles. The third kappa shape index (κ3) is 40.8. The van der Waals surface area contributed by atoms with Crippen LogP contribution < -0.4 is 5.32 Å². The van der Waals surface area contributed by atoms with E-state index in [4.69, 9.17) is 13.8 Å². The summed E-state index contributed by atoms with van der Waals surface area (Å²) in [7, 11) is -4.75. The van der Waals surface area contributed by atoms with E-state index < -0.39 is 57.6 Å². The van der Waals surface area contributed by atoms with E-state index in [2.05, 4.69) is 31.3 Å². The molecule has 336 valence electrons. The van der Waals surface area contributed by atoms with Gasteiger partial charge in [-0.05, 0) is 38.5 Å². The number of carboxylic acid groups (broad SMARTS) is 1. The fraction of sp³-hybridized carbons (Fsp3) is 0.889. The number of esters is 1. The van der Waals surface area contributed by atoms with Crippen molar-refractivity contribution in [3.63, 3.8) is 0 Å². The number of carbonyl (C=O) groups excluding carboxylic acids is 2. The molecule has 12 heteroatoms. The van der Waals surface area contributed by atoms with E-state index >= 15 is 0 Å². The summed E-state index contributed by atoms with van der Waals surface area (Å²) < 4.78 is 26.9. The highest BCUT2D eigenvalue weighted by Crippen LogP contribution is 2.43. The fourth-order valence-corrected chi connectivity index (χ4v) is 7.44. The summed E-state index contributed by atoms with van der Waals surface area (Å²) in [4.78, 5) is 46.0. The number of unbranched alkanes of at least 4 members (excludes halogenated alkanes) is 28. The number of allylic oxidation sites excluding steroid dienone is 2. The minimum atomic E-state index is -4.75. The summed E-state index contributed by atoms with van der Waals surface area (Å²) in [5, 5.41) is 21.9. The Morgan fingerprint density at radius 2 is 0.912 bits per heavy atom.